The Kier molecular flexibility index (Phi) is 4.13. The summed E-state index contributed by atoms with van der Waals surface area (Å²) in [7, 11) is 0. The summed E-state index contributed by atoms with van der Waals surface area (Å²) in [5, 5.41) is 0. The maximum absolute atomic E-state index is 12.6. The van der Waals surface area contributed by atoms with Crippen molar-refractivity contribution < 1.29 is 13.2 Å². The van der Waals surface area contributed by atoms with Gasteiger partial charge in [-0.15, -0.1) is 0 Å². The van der Waals surface area contributed by atoms with E-state index in [1.54, 1.807) is 4.57 Å². The van der Waals surface area contributed by atoms with Gasteiger partial charge in [-0.25, -0.2) is 4.98 Å². The summed E-state index contributed by atoms with van der Waals surface area (Å²) >= 11 is 0. The van der Waals surface area contributed by atoms with Crippen LogP contribution in [0.25, 0.3) is 0 Å². The van der Waals surface area contributed by atoms with E-state index in [4.69, 9.17) is 0 Å². The molecule has 2 rings (SSSR count). The van der Waals surface area contributed by atoms with Gasteiger partial charge < -0.3 is 4.57 Å². The molecule has 0 spiro atoms. The fraction of sp³-hybridized carbons (Fsp3) is 0.769. The van der Waals surface area contributed by atoms with E-state index < -0.39 is 11.9 Å². The molecule has 0 atom stereocenters. The molecule has 0 saturated heterocycles. The van der Waals surface area contributed by atoms with Crippen LogP contribution in [0.1, 0.15) is 65.0 Å². The topological polar surface area (TPSA) is 17.8 Å². The lowest BCUT2D eigenvalue weighted by atomic mass is 9.95. The van der Waals surface area contributed by atoms with E-state index in [9.17, 15) is 13.2 Å². The molecule has 0 N–H and O–H groups in total. The summed E-state index contributed by atoms with van der Waals surface area (Å²) < 4.78 is 39.4. The average molecular weight is 262 g/mol. The Balaban J connectivity index is 0.000000771. The van der Waals surface area contributed by atoms with Gasteiger partial charge in [-0.2, -0.15) is 13.2 Å². The SMILES string of the molecule is CC.CC(C)(C)c1nc(C(F)(F)F)cn1C1CC1. The van der Waals surface area contributed by atoms with Crippen molar-refractivity contribution in [1.29, 1.82) is 0 Å². The first-order chi connectivity index (χ1) is 8.19. The molecule has 18 heavy (non-hydrogen) atoms. The predicted molar refractivity (Wildman–Crippen MR) is 65.5 cm³/mol. The van der Waals surface area contributed by atoms with E-state index >= 15 is 0 Å². The number of hydrogen-bond acceptors (Lipinski definition) is 1. The van der Waals surface area contributed by atoms with Crippen molar-refractivity contribution in [1.82, 2.24) is 9.55 Å². The smallest absolute Gasteiger partial charge is 0.331 e. The Morgan fingerprint density at radius 3 is 2.00 bits per heavy atom. The third-order valence-electron chi connectivity index (χ3n) is 2.63. The molecule has 5 heteroatoms. The van der Waals surface area contributed by atoms with Gasteiger partial charge in [-0.3, -0.25) is 0 Å². The van der Waals surface area contributed by atoms with E-state index in [-0.39, 0.29) is 11.5 Å². The van der Waals surface area contributed by atoms with Gasteiger partial charge in [0.25, 0.3) is 0 Å². The molecule has 1 aliphatic carbocycles. The van der Waals surface area contributed by atoms with Gasteiger partial charge in [-0.05, 0) is 12.8 Å². The first-order valence-electron chi connectivity index (χ1n) is 6.36. The summed E-state index contributed by atoms with van der Waals surface area (Å²) in [6.07, 6.45) is -1.29. The largest absolute Gasteiger partial charge is 0.434 e. The Labute approximate surface area is 106 Å². The van der Waals surface area contributed by atoms with Crippen LogP contribution in [0.4, 0.5) is 13.2 Å². The number of halogens is 3. The number of alkyl halides is 3. The minimum absolute atomic E-state index is 0.220. The first kappa shape index (κ1) is 15.1. The summed E-state index contributed by atoms with van der Waals surface area (Å²) in [6, 6.07) is 0.220. The van der Waals surface area contributed by atoms with Crippen LogP contribution in [-0.2, 0) is 11.6 Å². The summed E-state index contributed by atoms with van der Waals surface area (Å²) in [4.78, 5) is 3.75. The van der Waals surface area contributed by atoms with Gasteiger partial charge >= 0.3 is 6.18 Å². The molecule has 0 radical (unpaired) electrons. The van der Waals surface area contributed by atoms with Crippen molar-refractivity contribution in [3.63, 3.8) is 0 Å². The molecular formula is C13H21F3N2. The standard InChI is InChI=1S/C11H15F3N2.C2H6/c1-10(2,3)9-15-8(11(12,13)14)6-16(9)7-4-5-7;1-2/h6-7H,4-5H2,1-3H3;1-2H3. The third-order valence-corrected chi connectivity index (χ3v) is 2.63. The Hall–Kier alpha value is -1.00. The fourth-order valence-corrected chi connectivity index (χ4v) is 1.72. The second-order valence-electron chi connectivity index (χ2n) is 5.34. The number of imidazole rings is 1. The van der Waals surface area contributed by atoms with Crippen molar-refractivity contribution in [2.24, 2.45) is 0 Å². The maximum atomic E-state index is 12.6. The fourth-order valence-electron chi connectivity index (χ4n) is 1.72. The monoisotopic (exact) mass is 262 g/mol. The maximum Gasteiger partial charge on any atom is 0.434 e. The van der Waals surface area contributed by atoms with Gasteiger partial charge in [0.2, 0.25) is 0 Å². The zero-order valence-corrected chi connectivity index (χ0v) is 11.6. The lowest BCUT2D eigenvalue weighted by molar-refractivity contribution is -0.141. The quantitative estimate of drug-likeness (QED) is 0.725. The molecule has 1 aromatic heterocycles. The number of rotatable bonds is 1. The molecule has 2 nitrogen and oxygen atoms in total. The van der Waals surface area contributed by atoms with E-state index in [2.05, 4.69) is 4.98 Å². The number of hydrogen-bond donors (Lipinski definition) is 0. The molecule has 0 aromatic carbocycles. The molecule has 0 amide bonds. The molecule has 0 aliphatic heterocycles. The highest BCUT2D eigenvalue weighted by atomic mass is 19.4. The Bertz CT molecular complexity index is 395. The van der Waals surface area contributed by atoms with Crippen molar-refractivity contribution in [2.75, 3.05) is 0 Å². The van der Waals surface area contributed by atoms with Crippen molar-refractivity contribution in [3.05, 3.63) is 17.7 Å². The molecule has 0 bridgehead atoms. The van der Waals surface area contributed by atoms with Crippen LogP contribution in [0.3, 0.4) is 0 Å². The zero-order chi connectivity index (χ0) is 14.1. The van der Waals surface area contributed by atoms with Crippen LogP contribution in [0, 0.1) is 0 Å². The minimum atomic E-state index is -4.35. The highest BCUT2D eigenvalue weighted by molar-refractivity contribution is 5.16. The summed E-state index contributed by atoms with van der Waals surface area (Å²) in [5.41, 5.74) is -1.13. The van der Waals surface area contributed by atoms with Gasteiger partial charge in [-0.1, -0.05) is 34.6 Å². The molecule has 0 unspecified atom stereocenters. The third kappa shape index (κ3) is 3.27. The highest BCUT2D eigenvalue weighted by Crippen LogP contribution is 2.40. The van der Waals surface area contributed by atoms with E-state index in [1.807, 2.05) is 34.6 Å². The normalized spacial score (nSPS) is 16.2. The van der Waals surface area contributed by atoms with E-state index in [1.165, 1.54) is 0 Å². The molecule has 1 saturated carbocycles. The predicted octanol–water partition coefficient (Wildman–Crippen LogP) is 4.56. The van der Waals surface area contributed by atoms with Gasteiger partial charge in [0.05, 0.1) is 0 Å². The second-order valence-corrected chi connectivity index (χ2v) is 5.34. The van der Waals surface area contributed by atoms with Gasteiger partial charge in [0, 0.05) is 17.7 Å². The zero-order valence-electron chi connectivity index (χ0n) is 11.6. The molecule has 1 heterocycles. The van der Waals surface area contributed by atoms with Crippen molar-refractivity contribution >= 4 is 0 Å². The van der Waals surface area contributed by atoms with E-state index in [0.29, 0.717) is 5.82 Å². The Morgan fingerprint density at radius 2 is 1.67 bits per heavy atom. The van der Waals surface area contributed by atoms with Crippen LogP contribution < -0.4 is 0 Å². The lowest BCUT2D eigenvalue weighted by Crippen LogP contribution is -2.18. The molecule has 1 aliphatic rings. The highest BCUT2D eigenvalue weighted by Gasteiger charge is 2.39. The second kappa shape index (κ2) is 4.94. The van der Waals surface area contributed by atoms with Crippen LogP contribution in [0.15, 0.2) is 6.20 Å². The van der Waals surface area contributed by atoms with Crippen LogP contribution in [-0.4, -0.2) is 9.55 Å². The summed E-state index contributed by atoms with van der Waals surface area (Å²) in [5.74, 6) is 0.530. The first-order valence-corrected chi connectivity index (χ1v) is 6.36. The summed E-state index contributed by atoms with van der Waals surface area (Å²) in [6.45, 7) is 9.65. The molecule has 104 valence electrons. The Morgan fingerprint density at radius 1 is 1.17 bits per heavy atom. The number of aromatic nitrogens is 2. The van der Waals surface area contributed by atoms with Crippen molar-refractivity contribution in [2.45, 2.75) is 65.1 Å². The van der Waals surface area contributed by atoms with Crippen molar-refractivity contribution in [3.8, 4) is 0 Å². The number of nitrogens with zero attached hydrogens (tertiary/aromatic N) is 2. The lowest BCUT2D eigenvalue weighted by Gasteiger charge is -2.19. The molecule has 1 aromatic rings. The molecular weight excluding hydrogens is 241 g/mol. The average Bonchev–Trinajstić information content (AvgIpc) is 2.96. The van der Waals surface area contributed by atoms with Gasteiger partial charge in [0.1, 0.15) is 5.82 Å². The van der Waals surface area contributed by atoms with Gasteiger partial charge in [0.15, 0.2) is 5.69 Å². The van der Waals surface area contributed by atoms with E-state index in [0.717, 1.165) is 19.0 Å². The minimum Gasteiger partial charge on any atom is -0.331 e. The van der Waals surface area contributed by atoms with Crippen LogP contribution in [0.2, 0.25) is 0 Å². The van der Waals surface area contributed by atoms with Crippen LogP contribution >= 0.6 is 0 Å². The van der Waals surface area contributed by atoms with Crippen LogP contribution in [0.5, 0.6) is 0 Å². The molecule has 1 fully saturated rings.